The number of esters is 1. The third-order valence-corrected chi connectivity index (χ3v) is 13.4. The molecular formula is C60H107NO10. The van der Waals surface area contributed by atoms with Crippen molar-refractivity contribution >= 4 is 11.9 Å². The summed E-state index contributed by atoms with van der Waals surface area (Å²) in [4.78, 5) is 25.0. The van der Waals surface area contributed by atoms with Crippen molar-refractivity contribution in [3.05, 3.63) is 60.8 Å². The molecular weight excluding hydrogens is 895 g/mol. The molecule has 7 unspecified atom stereocenters. The van der Waals surface area contributed by atoms with Crippen LogP contribution in [0.25, 0.3) is 0 Å². The van der Waals surface area contributed by atoms with E-state index < -0.39 is 49.5 Å². The lowest BCUT2D eigenvalue weighted by Crippen LogP contribution is -2.60. The molecule has 0 saturated carbocycles. The number of ether oxygens (including phenoxy) is 3. The van der Waals surface area contributed by atoms with Gasteiger partial charge in [0.15, 0.2) is 6.29 Å². The Bertz CT molecular complexity index is 1360. The van der Waals surface area contributed by atoms with Crippen LogP contribution in [-0.2, 0) is 23.8 Å². The average Bonchev–Trinajstić information content (AvgIpc) is 3.37. The maximum absolute atomic E-state index is 13.0. The number of allylic oxidation sites excluding steroid dienone is 9. The largest absolute Gasteiger partial charge is 0.466 e. The lowest BCUT2D eigenvalue weighted by Gasteiger charge is -2.40. The zero-order valence-corrected chi connectivity index (χ0v) is 45.2. The number of carbonyl (C=O) groups excluding carboxylic acids is 2. The normalized spacial score (nSPS) is 19.6. The molecule has 1 saturated heterocycles. The van der Waals surface area contributed by atoms with E-state index in [1.54, 1.807) is 6.08 Å². The van der Waals surface area contributed by atoms with Gasteiger partial charge in [0.25, 0.3) is 0 Å². The molecule has 1 aliphatic rings. The molecule has 0 aromatic carbocycles. The molecule has 11 heteroatoms. The zero-order valence-electron chi connectivity index (χ0n) is 45.2. The third kappa shape index (κ3) is 39.5. The number of aliphatic hydroxyl groups is 5. The summed E-state index contributed by atoms with van der Waals surface area (Å²) in [5, 5.41) is 54.1. The highest BCUT2D eigenvalue weighted by Crippen LogP contribution is 2.23. The van der Waals surface area contributed by atoms with Crippen LogP contribution in [0.5, 0.6) is 0 Å². The summed E-state index contributed by atoms with van der Waals surface area (Å²) in [6.45, 7) is 4.14. The first-order valence-corrected chi connectivity index (χ1v) is 29.1. The Morgan fingerprint density at radius 3 is 1.52 bits per heavy atom. The summed E-state index contributed by atoms with van der Waals surface area (Å²) in [5.41, 5.74) is 0. The Kier molecular flexibility index (Phi) is 46.3. The predicted octanol–water partition coefficient (Wildman–Crippen LogP) is 13.1. The Morgan fingerprint density at radius 2 is 1.00 bits per heavy atom. The van der Waals surface area contributed by atoms with Crippen molar-refractivity contribution < 1.29 is 49.3 Å². The van der Waals surface area contributed by atoms with Crippen LogP contribution in [0, 0.1) is 0 Å². The molecule has 0 radical (unpaired) electrons. The Labute approximate surface area is 433 Å². The Balaban J connectivity index is 2.08. The lowest BCUT2D eigenvalue weighted by atomic mass is 9.99. The van der Waals surface area contributed by atoms with Gasteiger partial charge in [-0.25, -0.2) is 0 Å². The van der Waals surface area contributed by atoms with Crippen molar-refractivity contribution in [3.8, 4) is 0 Å². The molecule has 0 aromatic rings. The minimum absolute atomic E-state index is 0.0279. The molecule has 6 N–H and O–H groups in total. The number of hydrogen-bond donors (Lipinski definition) is 6. The molecule has 0 spiro atoms. The first-order chi connectivity index (χ1) is 34.7. The number of nitrogens with one attached hydrogen (secondary N) is 1. The zero-order chi connectivity index (χ0) is 51.7. The molecule has 0 aliphatic carbocycles. The molecule has 71 heavy (non-hydrogen) atoms. The SMILES string of the molecule is CC/C=C/CC/C=C/CC/C=C/C(O)C(COC1OC(CO)C(O)C(O)C1O)NC(=O)CCCCCCCCCCCC/C=C\C=C/CCCCCOC(=O)CCCCCCCCCCCCCCCC. The van der Waals surface area contributed by atoms with Crippen molar-refractivity contribution in [1.82, 2.24) is 5.32 Å². The van der Waals surface area contributed by atoms with Crippen LogP contribution in [0.15, 0.2) is 60.8 Å². The Morgan fingerprint density at radius 1 is 0.535 bits per heavy atom. The van der Waals surface area contributed by atoms with Crippen molar-refractivity contribution in [1.29, 1.82) is 0 Å². The Hall–Kier alpha value is -2.64. The van der Waals surface area contributed by atoms with E-state index in [1.165, 1.54) is 116 Å². The summed E-state index contributed by atoms with van der Waals surface area (Å²) >= 11 is 0. The first kappa shape index (κ1) is 66.4. The van der Waals surface area contributed by atoms with E-state index in [2.05, 4.69) is 67.8 Å². The van der Waals surface area contributed by atoms with E-state index in [9.17, 15) is 35.1 Å². The molecule has 1 rings (SSSR count). The van der Waals surface area contributed by atoms with E-state index in [1.807, 2.05) is 6.08 Å². The van der Waals surface area contributed by atoms with Gasteiger partial charge in [0.1, 0.15) is 24.4 Å². The number of amides is 1. The summed E-state index contributed by atoms with van der Waals surface area (Å²) in [6.07, 6.45) is 53.3. The fraction of sp³-hybridized carbons (Fsp3) is 0.800. The van der Waals surface area contributed by atoms with Gasteiger partial charge < -0.3 is 45.1 Å². The number of hydrogen-bond acceptors (Lipinski definition) is 10. The van der Waals surface area contributed by atoms with Gasteiger partial charge in [-0.1, -0.05) is 209 Å². The van der Waals surface area contributed by atoms with Gasteiger partial charge in [0.2, 0.25) is 5.91 Å². The second-order valence-corrected chi connectivity index (χ2v) is 20.0. The highest BCUT2D eigenvalue weighted by Gasteiger charge is 2.44. The maximum Gasteiger partial charge on any atom is 0.305 e. The molecule has 0 aromatic heterocycles. The average molecular weight is 1000 g/mol. The molecule has 11 nitrogen and oxygen atoms in total. The lowest BCUT2D eigenvalue weighted by molar-refractivity contribution is -0.302. The van der Waals surface area contributed by atoms with Crippen LogP contribution in [-0.4, -0.2) is 100 Å². The number of aliphatic hydroxyl groups excluding tert-OH is 5. The molecule has 1 heterocycles. The summed E-state index contributed by atoms with van der Waals surface area (Å²) < 4.78 is 16.6. The number of rotatable bonds is 49. The quantitative estimate of drug-likeness (QED) is 0.0149. The first-order valence-electron chi connectivity index (χ1n) is 29.1. The molecule has 412 valence electrons. The molecule has 0 bridgehead atoms. The molecule has 7 atom stereocenters. The van der Waals surface area contributed by atoms with Gasteiger partial charge in [0, 0.05) is 12.8 Å². The van der Waals surface area contributed by atoms with Crippen LogP contribution >= 0.6 is 0 Å². The highest BCUT2D eigenvalue weighted by atomic mass is 16.7. The molecule has 1 aliphatic heterocycles. The van der Waals surface area contributed by atoms with Crippen molar-refractivity contribution in [2.75, 3.05) is 19.8 Å². The second-order valence-electron chi connectivity index (χ2n) is 20.0. The van der Waals surface area contributed by atoms with E-state index in [-0.39, 0.29) is 18.5 Å². The summed E-state index contributed by atoms with van der Waals surface area (Å²) in [6, 6.07) is -0.842. The van der Waals surface area contributed by atoms with Crippen LogP contribution in [0.4, 0.5) is 0 Å². The van der Waals surface area contributed by atoms with Gasteiger partial charge in [-0.2, -0.15) is 0 Å². The summed E-state index contributed by atoms with van der Waals surface area (Å²) in [7, 11) is 0. The smallest absolute Gasteiger partial charge is 0.305 e. The van der Waals surface area contributed by atoms with Gasteiger partial charge in [-0.05, 0) is 83.5 Å². The number of unbranched alkanes of at least 4 members (excludes halogenated alkanes) is 28. The van der Waals surface area contributed by atoms with Crippen LogP contribution in [0.2, 0.25) is 0 Å². The van der Waals surface area contributed by atoms with E-state index in [0.717, 1.165) is 96.3 Å². The fourth-order valence-corrected chi connectivity index (χ4v) is 8.76. The van der Waals surface area contributed by atoms with Gasteiger partial charge >= 0.3 is 5.97 Å². The topological polar surface area (TPSA) is 175 Å². The van der Waals surface area contributed by atoms with Crippen molar-refractivity contribution in [3.63, 3.8) is 0 Å². The molecule has 1 amide bonds. The maximum atomic E-state index is 13.0. The monoisotopic (exact) mass is 1000 g/mol. The molecule has 1 fully saturated rings. The minimum atomic E-state index is -1.58. The number of carbonyl (C=O) groups is 2. The van der Waals surface area contributed by atoms with Crippen molar-refractivity contribution in [2.24, 2.45) is 0 Å². The predicted molar refractivity (Wildman–Crippen MR) is 292 cm³/mol. The minimum Gasteiger partial charge on any atom is -0.466 e. The highest BCUT2D eigenvalue weighted by molar-refractivity contribution is 5.76. The van der Waals surface area contributed by atoms with Gasteiger partial charge in [-0.15, -0.1) is 0 Å². The fourth-order valence-electron chi connectivity index (χ4n) is 8.76. The van der Waals surface area contributed by atoms with E-state index in [4.69, 9.17) is 14.2 Å². The van der Waals surface area contributed by atoms with Gasteiger partial charge in [0.05, 0.1) is 32.0 Å². The standard InChI is InChI=1S/C60H107NO10/c1-3-5-7-9-11-13-15-16-25-28-32-36-40-44-48-56(65)69-49-45-41-37-33-29-26-23-21-19-17-18-20-22-24-27-31-35-39-43-47-55(64)61-52(51-70-60-59(68)58(67)57(66)54(50-62)71-60)53(63)46-42-38-34-30-14-12-10-8-6-4-2/h6,8,14,21,23,26,29-30,42,46,52-54,57-60,62-63,66-68H,3-5,7,9-13,15-20,22,24-25,27-28,31-41,43-45,47-51H2,1-2H3,(H,61,64)/b8-6+,23-21-,29-26-,30-14+,46-42+. The van der Waals surface area contributed by atoms with Gasteiger partial charge in [-0.3, -0.25) is 9.59 Å². The van der Waals surface area contributed by atoms with E-state index >= 15 is 0 Å². The van der Waals surface area contributed by atoms with Crippen LogP contribution in [0.1, 0.15) is 245 Å². The second kappa shape index (κ2) is 49.6. The third-order valence-electron chi connectivity index (χ3n) is 13.4. The van der Waals surface area contributed by atoms with Crippen molar-refractivity contribution in [2.45, 2.75) is 288 Å². The van der Waals surface area contributed by atoms with Crippen LogP contribution in [0.3, 0.4) is 0 Å². The van der Waals surface area contributed by atoms with Crippen LogP contribution < -0.4 is 5.32 Å². The van der Waals surface area contributed by atoms with E-state index in [0.29, 0.717) is 25.9 Å². The summed E-state index contributed by atoms with van der Waals surface area (Å²) in [5.74, 6) is -0.238.